The summed E-state index contributed by atoms with van der Waals surface area (Å²) in [5.74, 6) is 1.05. The molecule has 4 aromatic rings. The number of rotatable bonds is 6. The van der Waals surface area contributed by atoms with Gasteiger partial charge in [0, 0.05) is 0 Å². The van der Waals surface area contributed by atoms with Crippen molar-refractivity contribution in [3.05, 3.63) is 102 Å². The van der Waals surface area contributed by atoms with Crippen molar-refractivity contribution >= 4 is 17.6 Å². The van der Waals surface area contributed by atoms with E-state index in [1.165, 1.54) is 0 Å². The van der Waals surface area contributed by atoms with Crippen molar-refractivity contribution in [1.82, 2.24) is 25.5 Å². The second-order valence-corrected chi connectivity index (χ2v) is 7.14. The molecule has 2 aromatic carbocycles. The Morgan fingerprint density at radius 2 is 1.77 bits per heavy atom. The van der Waals surface area contributed by atoms with Crippen LogP contribution in [0.4, 0.5) is 5.95 Å². The number of furan rings is 1. The van der Waals surface area contributed by atoms with Crippen molar-refractivity contribution in [3.63, 3.8) is 0 Å². The van der Waals surface area contributed by atoms with Gasteiger partial charge in [-0.3, -0.25) is 9.69 Å². The van der Waals surface area contributed by atoms with Crippen molar-refractivity contribution in [1.29, 1.82) is 0 Å². The van der Waals surface area contributed by atoms with Crippen LogP contribution in [0.1, 0.15) is 22.9 Å². The summed E-state index contributed by atoms with van der Waals surface area (Å²) in [6.45, 7) is 0.394. The van der Waals surface area contributed by atoms with Crippen LogP contribution in [-0.4, -0.2) is 32.7 Å². The van der Waals surface area contributed by atoms with Gasteiger partial charge in [0.2, 0.25) is 5.91 Å². The molecule has 1 N–H and O–H groups in total. The van der Waals surface area contributed by atoms with E-state index in [1.807, 2.05) is 71.6 Å². The van der Waals surface area contributed by atoms with Gasteiger partial charge in [-0.1, -0.05) is 65.8 Å². The van der Waals surface area contributed by atoms with E-state index in [0.29, 0.717) is 18.3 Å². The normalized spacial score (nSPS) is 15.3. The van der Waals surface area contributed by atoms with Gasteiger partial charge < -0.3 is 9.73 Å². The molecular weight excluding hydrogens is 392 g/mol. The summed E-state index contributed by atoms with van der Waals surface area (Å²) in [7, 11) is 0. The Labute approximate surface area is 178 Å². The molecule has 1 aliphatic rings. The number of carbonyl (C=O) groups excluding carboxylic acids is 1. The number of tetrazole rings is 1. The fraction of sp³-hybridized carbons (Fsp3) is 0.130. The summed E-state index contributed by atoms with van der Waals surface area (Å²) in [6.07, 6.45) is 3.67. The van der Waals surface area contributed by atoms with E-state index in [4.69, 9.17) is 4.42 Å². The number of fused-ring (bicyclic) bond motifs is 1. The van der Waals surface area contributed by atoms with E-state index in [-0.39, 0.29) is 18.5 Å². The SMILES string of the molecule is O=C(CN1C(c2ccccc2)=C[C@H](c2ccccc2)n2nnnc21)NCc1ccco1. The number of aromatic nitrogens is 4. The van der Waals surface area contributed by atoms with Gasteiger partial charge in [0.1, 0.15) is 18.3 Å². The summed E-state index contributed by atoms with van der Waals surface area (Å²) in [4.78, 5) is 14.6. The van der Waals surface area contributed by atoms with Crippen LogP contribution in [-0.2, 0) is 11.3 Å². The average molecular weight is 412 g/mol. The van der Waals surface area contributed by atoms with Crippen molar-refractivity contribution in [2.75, 3.05) is 11.4 Å². The topological polar surface area (TPSA) is 89.1 Å². The van der Waals surface area contributed by atoms with Gasteiger partial charge in [-0.2, -0.15) is 4.68 Å². The highest BCUT2D eigenvalue weighted by molar-refractivity contribution is 5.89. The summed E-state index contributed by atoms with van der Waals surface area (Å²) >= 11 is 0. The molecule has 1 atom stereocenters. The minimum Gasteiger partial charge on any atom is -0.467 e. The van der Waals surface area contributed by atoms with Gasteiger partial charge in [0.25, 0.3) is 5.95 Å². The molecule has 5 rings (SSSR count). The number of carbonyl (C=O) groups is 1. The van der Waals surface area contributed by atoms with Crippen LogP contribution in [0.25, 0.3) is 5.70 Å². The van der Waals surface area contributed by atoms with Crippen LogP contribution in [0.3, 0.4) is 0 Å². The maximum absolute atomic E-state index is 12.8. The standard InChI is InChI=1S/C23H20N6O2/c30-22(24-15-19-12-7-13-31-19)16-28-20(17-8-3-1-4-9-17)14-21(18-10-5-2-6-11-18)29-23(28)25-26-27-29/h1-14,21H,15-16H2,(H,24,30)/t21-/m1/s1. The van der Waals surface area contributed by atoms with Gasteiger partial charge in [-0.05, 0) is 39.8 Å². The van der Waals surface area contributed by atoms with E-state index in [9.17, 15) is 4.79 Å². The predicted molar refractivity (Wildman–Crippen MR) is 115 cm³/mol. The maximum atomic E-state index is 12.8. The number of hydrogen-bond acceptors (Lipinski definition) is 6. The first-order valence-corrected chi connectivity index (χ1v) is 9.96. The third kappa shape index (κ3) is 3.83. The van der Waals surface area contributed by atoms with Crippen molar-refractivity contribution in [2.24, 2.45) is 0 Å². The molecule has 3 heterocycles. The third-order valence-electron chi connectivity index (χ3n) is 5.14. The highest BCUT2D eigenvalue weighted by Gasteiger charge is 2.31. The Kier molecular flexibility index (Phi) is 5.02. The Morgan fingerprint density at radius 3 is 2.52 bits per heavy atom. The molecule has 8 heteroatoms. The summed E-state index contributed by atoms with van der Waals surface area (Å²) in [5, 5.41) is 15.2. The first-order valence-electron chi connectivity index (χ1n) is 9.96. The quantitative estimate of drug-likeness (QED) is 0.524. The van der Waals surface area contributed by atoms with Crippen LogP contribution in [0.2, 0.25) is 0 Å². The lowest BCUT2D eigenvalue weighted by molar-refractivity contribution is -0.119. The zero-order valence-corrected chi connectivity index (χ0v) is 16.6. The molecule has 0 radical (unpaired) electrons. The lowest BCUT2D eigenvalue weighted by Gasteiger charge is -2.32. The molecule has 0 spiro atoms. The number of allylic oxidation sites excluding steroid dienone is 1. The molecule has 0 aliphatic carbocycles. The fourth-order valence-electron chi connectivity index (χ4n) is 3.67. The molecule has 0 saturated heterocycles. The monoisotopic (exact) mass is 412 g/mol. The highest BCUT2D eigenvalue weighted by atomic mass is 16.3. The number of nitrogens with zero attached hydrogens (tertiary/aromatic N) is 5. The smallest absolute Gasteiger partial charge is 0.251 e. The highest BCUT2D eigenvalue weighted by Crippen LogP contribution is 2.35. The third-order valence-corrected chi connectivity index (χ3v) is 5.14. The fourth-order valence-corrected chi connectivity index (χ4v) is 3.67. The Hall–Kier alpha value is -4.20. The maximum Gasteiger partial charge on any atom is 0.251 e. The van der Waals surface area contributed by atoms with Crippen LogP contribution < -0.4 is 10.2 Å². The zero-order chi connectivity index (χ0) is 21.0. The van der Waals surface area contributed by atoms with E-state index < -0.39 is 0 Å². The van der Waals surface area contributed by atoms with Gasteiger partial charge in [0.15, 0.2) is 0 Å². The molecule has 0 bridgehead atoms. The molecule has 0 saturated carbocycles. The number of hydrogen-bond donors (Lipinski definition) is 1. The largest absolute Gasteiger partial charge is 0.467 e. The van der Waals surface area contributed by atoms with E-state index in [0.717, 1.165) is 16.8 Å². The molecule has 8 nitrogen and oxygen atoms in total. The minimum atomic E-state index is -0.177. The van der Waals surface area contributed by atoms with E-state index >= 15 is 0 Å². The number of nitrogens with one attached hydrogen (secondary N) is 1. The van der Waals surface area contributed by atoms with Crippen LogP contribution in [0, 0.1) is 0 Å². The molecule has 1 aliphatic heterocycles. The van der Waals surface area contributed by atoms with Crippen molar-refractivity contribution in [3.8, 4) is 0 Å². The molecule has 0 fully saturated rings. The first-order chi connectivity index (χ1) is 15.3. The Morgan fingerprint density at radius 1 is 1.00 bits per heavy atom. The molecular formula is C23H20N6O2. The lowest BCUT2D eigenvalue weighted by atomic mass is 10.0. The first kappa shape index (κ1) is 18.8. The van der Waals surface area contributed by atoms with Crippen LogP contribution in [0.5, 0.6) is 0 Å². The molecule has 2 aromatic heterocycles. The Bertz CT molecular complexity index is 1190. The summed E-state index contributed by atoms with van der Waals surface area (Å²) in [5.41, 5.74) is 2.92. The Balaban J connectivity index is 1.49. The lowest BCUT2D eigenvalue weighted by Crippen LogP contribution is -2.39. The number of anilines is 1. The van der Waals surface area contributed by atoms with E-state index in [2.05, 4.69) is 26.9 Å². The molecule has 1 amide bonds. The molecule has 31 heavy (non-hydrogen) atoms. The van der Waals surface area contributed by atoms with Gasteiger partial charge >= 0.3 is 0 Å². The van der Waals surface area contributed by atoms with Crippen molar-refractivity contribution < 1.29 is 9.21 Å². The number of amides is 1. The van der Waals surface area contributed by atoms with Crippen LogP contribution in [0.15, 0.2) is 89.6 Å². The van der Waals surface area contributed by atoms with Crippen LogP contribution >= 0.6 is 0 Å². The van der Waals surface area contributed by atoms with Gasteiger partial charge in [-0.25, -0.2) is 0 Å². The molecule has 154 valence electrons. The number of benzene rings is 2. The van der Waals surface area contributed by atoms with Gasteiger partial charge in [0.05, 0.1) is 18.5 Å². The minimum absolute atomic E-state index is 0.0727. The van der Waals surface area contributed by atoms with E-state index in [1.54, 1.807) is 17.0 Å². The average Bonchev–Trinajstić information content (AvgIpc) is 3.51. The van der Waals surface area contributed by atoms with Gasteiger partial charge in [-0.15, -0.1) is 0 Å². The zero-order valence-electron chi connectivity index (χ0n) is 16.6. The predicted octanol–water partition coefficient (Wildman–Crippen LogP) is 3.03. The molecule has 0 unspecified atom stereocenters. The summed E-state index contributed by atoms with van der Waals surface area (Å²) in [6, 6.07) is 23.4. The second kappa shape index (κ2) is 8.27. The second-order valence-electron chi connectivity index (χ2n) is 7.14. The summed E-state index contributed by atoms with van der Waals surface area (Å²) < 4.78 is 7.03. The van der Waals surface area contributed by atoms with Crippen molar-refractivity contribution in [2.45, 2.75) is 12.6 Å².